The fourth-order valence-corrected chi connectivity index (χ4v) is 4.44. The van der Waals surface area contributed by atoms with Gasteiger partial charge in [-0.25, -0.2) is 9.97 Å². The molecule has 30 heavy (non-hydrogen) atoms. The van der Waals surface area contributed by atoms with Crippen LogP contribution < -0.4 is 20.3 Å². The van der Waals surface area contributed by atoms with Crippen LogP contribution in [0.25, 0.3) is 10.9 Å². The van der Waals surface area contributed by atoms with E-state index in [4.69, 9.17) is 32.9 Å². The molecule has 0 aliphatic carbocycles. The minimum Gasteiger partial charge on any atom is -0.482 e. The van der Waals surface area contributed by atoms with E-state index in [9.17, 15) is 4.79 Å². The Bertz CT molecular complexity index is 1130. The lowest BCUT2D eigenvalue weighted by Crippen LogP contribution is -2.44. The number of piperazine rings is 1. The van der Waals surface area contributed by atoms with Crippen molar-refractivity contribution in [2.24, 2.45) is 0 Å². The van der Waals surface area contributed by atoms with Crippen molar-refractivity contribution in [3.05, 3.63) is 52.6 Å². The molecule has 2 aliphatic heterocycles. The second-order valence-corrected chi connectivity index (χ2v) is 8.35. The molecule has 9 heteroatoms. The number of nitrogens with one attached hydrogen (secondary N) is 2. The SMILES string of the molecule is O=C(COc1ccc(Cl)cc1Cl)Nc1ccc2nc(N3CC4CC3CN4)ncc2c1. The van der Waals surface area contributed by atoms with Crippen LogP contribution in [0.1, 0.15) is 6.42 Å². The summed E-state index contributed by atoms with van der Waals surface area (Å²) in [5.74, 6) is 0.876. The maximum Gasteiger partial charge on any atom is 0.262 e. The van der Waals surface area contributed by atoms with Gasteiger partial charge in [-0.2, -0.15) is 0 Å². The summed E-state index contributed by atoms with van der Waals surface area (Å²) in [6.07, 6.45) is 2.95. The average molecular weight is 444 g/mol. The summed E-state index contributed by atoms with van der Waals surface area (Å²) in [6, 6.07) is 11.4. The number of hydrogen-bond acceptors (Lipinski definition) is 6. The third kappa shape index (κ3) is 3.88. The molecule has 0 radical (unpaired) electrons. The summed E-state index contributed by atoms with van der Waals surface area (Å²) < 4.78 is 5.47. The Hall–Kier alpha value is -2.61. The topological polar surface area (TPSA) is 79.4 Å². The van der Waals surface area contributed by atoms with Crippen LogP contribution in [-0.4, -0.2) is 47.7 Å². The van der Waals surface area contributed by atoms with Gasteiger partial charge in [-0.3, -0.25) is 4.79 Å². The van der Waals surface area contributed by atoms with Gasteiger partial charge in [-0.1, -0.05) is 23.2 Å². The molecule has 2 bridgehead atoms. The highest BCUT2D eigenvalue weighted by Crippen LogP contribution is 2.29. The molecule has 2 aliphatic rings. The van der Waals surface area contributed by atoms with Gasteiger partial charge in [0.05, 0.1) is 10.5 Å². The number of nitrogens with zero attached hydrogens (tertiary/aromatic N) is 3. The fraction of sp³-hybridized carbons (Fsp3) is 0.286. The van der Waals surface area contributed by atoms with Crippen LogP contribution in [0.4, 0.5) is 11.6 Å². The van der Waals surface area contributed by atoms with Crippen LogP contribution in [0.2, 0.25) is 10.0 Å². The lowest BCUT2D eigenvalue weighted by Gasteiger charge is -2.27. The van der Waals surface area contributed by atoms with Crippen molar-refractivity contribution < 1.29 is 9.53 Å². The van der Waals surface area contributed by atoms with Crippen molar-refractivity contribution in [2.45, 2.75) is 18.5 Å². The van der Waals surface area contributed by atoms with Crippen molar-refractivity contribution in [3.63, 3.8) is 0 Å². The molecule has 3 aromatic rings. The number of amides is 1. The molecule has 1 amide bonds. The van der Waals surface area contributed by atoms with Crippen molar-refractivity contribution in [1.29, 1.82) is 0 Å². The Morgan fingerprint density at radius 2 is 2.17 bits per heavy atom. The van der Waals surface area contributed by atoms with E-state index >= 15 is 0 Å². The van der Waals surface area contributed by atoms with E-state index in [1.807, 2.05) is 18.2 Å². The van der Waals surface area contributed by atoms with Crippen LogP contribution in [-0.2, 0) is 4.79 Å². The highest BCUT2D eigenvalue weighted by atomic mass is 35.5. The summed E-state index contributed by atoms with van der Waals surface area (Å²) in [5, 5.41) is 8.03. The molecule has 2 fully saturated rings. The Labute approximate surface area is 183 Å². The molecular formula is C21H19Cl2N5O2. The van der Waals surface area contributed by atoms with Gasteiger partial charge >= 0.3 is 0 Å². The quantitative estimate of drug-likeness (QED) is 0.627. The molecule has 2 unspecified atom stereocenters. The first kappa shape index (κ1) is 19.4. The molecule has 0 saturated carbocycles. The first-order valence-corrected chi connectivity index (χ1v) is 10.5. The number of carbonyl (C=O) groups is 1. The second kappa shape index (κ2) is 7.91. The first-order chi connectivity index (χ1) is 14.5. The number of aromatic nitrogens is 2. The second-order valence-electron chi connectivity index (χ2n) is 7.50. The van der Waals surface area contributed by atoms with Crippen molar-refractivity contribution in [1.82, 2.24) is 15.3 Å². The molecule has 2 aromatic carbocycles. The Balaban J connectivity index is 1.24. The highest BCUT2D eigenvalue weighted by molar-refractivity contribution is 6.35. The monoisotopic (exact) mass is 443 g/mol. The van der Waals surface area contributed by atoms with Crippen LogP contribution in [0.3, 0.4) is 0 Å². The summed E-state index contributed by atoms with van der Waals surface area (Å²) in [6.45, 7) is 1.77. The third-order valence-electron chi connectivity index (χ3n) is 5.42. The van der Waals surface area contributed by atoms with Crippen LogP contribution in [0.5, 0.6) is 5.75 Å². The minimum atomic E-state index is -0.293. The summed E-state index contributed by atoms with van der Waals surface area (Å²) in [4.78, 5) is 23.8. The van der Waals surface area contributed by atoms with Crippen molar-refractivity contribution in [3.8, 4) is 5.75 Å². The zero-order chi connectivity index (χ0) is 20.7. The number of hydrogen-bond donors (Lipinski definition) is 2. The zero-order valence-electron chi connectivity index (χ0n) is 15.9. The van der Waals surface area contributed by atoms with E-state index in [1.54, 1.807) is 24.4 Å². The van der Waals surface area contributed by atoms with Gasteiger partial charge in [0.2, 0.25) is 5.95 Å². The molecular weight excluding hydrogens is 425 g/mol. The Morgan fingerprint density at radius 3 is 2.93 bits per heavy atom. The molecule has 1 aromatic heterocycles. The van der Waals surface area contributed by atoms with Gasteiger partial charge < -0.3 is 20.3 Å². The lowest BCUT2D eigenvalue weighted by atomic mass is 10.2. The van der Waals surface area contributed by atoms with E-state index in [-0.39, 0.29) is 12.5 Å². The number of rotatable bonds is 5. The molecule has 3 heterocycles. The smallest absolute Gasteiger partial charge is 0.262 e. The van der Waals surface area contributed by atoms with E-state index < -0.39 is 0 Å². The molecule has 154 valence electrons. The van der Waals surface area contributed by atoms with Crippen molar-refractivity contribution in [2.75, 3.05) is 29.9 Å². The van der Waals surface area contributed by atoms with Gasteiger partial charge in [0.15, 0.2) is 6.61 Å². The molecule has 2 N–H and O–H groups in total. The van der Waals surface area contributed by atoms with E-state index in [0.29, 0.717) is 33.6 Å². The zero-order valence-corrected chi connectivity index (χ0v) is 17.5. The largest absolute Gasteiger partial charge is 0.482 e. The highest BCUT2D eigenvalue weighted by Gasteiger charge is 2.38. The number of anilines is 2. The molecule has 7 nitrogen and oxygen atoms in total. The maximum absolute atomic E-state index is 12.3. The first-order valence-electron chi connectivity index (χ1n) is 9.70. The third-order valence-corrected chi connectivity index (χ3v) is 5.95. The van der Waals surface area contributed by atoms with Crippen molar-refractivity contribution >= 4 is 51.6 Å². The Kier molecular flexibility index (Phi) is 5.10. The van der Waals surface area contributed by atoms with Gasteiger partial charge in [0, 0.05) is 47.5 Å². The fourth-order valence-electron chi connectivity index (χ4n) is 3.98. The predicted molar refractivity (Wildman–Crippen MR) is 118 cm³/mol. The standard InChI is InChI=1S/C21H19Cl2N5O2/c22-13-1-4-19(17(23)6-13)30-11-20(29)26-14-2-3-18-12(5-14)8-25-21(27-18)28-10-15-7-16(28)9-24-15/h1-6,8,15-16,24H,7,9-11H2,(H,26,29). The number of ether oxygens (including phenoxy) is 1. The summed E-state index contributed by atoms with van der Waals surface area (Å²) in [7, 11) is 0. The summed E-state index contributed by atoms with van der Waals surface area (Å²) in [5.41, 5.74) is 1.50. The van der Waals surface area contributed by atoms with Crippen LogP contribution in [0.15, 0.2) is 42.6 Å². The minimum absolute atomic E-state index is 0.166. The summed E-state index contributed by atoms with van der Waals surface area (Å²) >= 11 is 11.9. The van der Waals surface area contributed by atoms with E-state index in [2.05, 4.69) is 20.5 Å². The molecule has 5 rings (SSSR count). The van der Waals surface area contributed by atoms with E-state index in [1.165, 1.54) is 0 Å². The van der Waals surface area contributed by atoms with Gasteiger partial charge in [0.25, 0.3) is 5.91 Å². The number of benzene rings is 2. The molecule has 0 spiro atoms. The maximum atomic E-state index is 12.3. The lowest BCUT2D eigenvalue weighted by molar-refractivity contribution is -0.118. The number of carbonyl (C=O) groups excluding carboxylic acids is 1. The Morgan fingerprint density at radius 1 is 1.27 bits per heavy atom. The van der Waals surface area contributed by atoms with E-state index in [0.717, 1.165) is 36.4 Å². The van der Waals surface area contributed by atoms with Gasteiger partial charge in [-0.05, 0) is 42.8 Å². The predicted octanol–water partition coefficient (Wildman–Crippen LogP) is 3.50. The van der Waals surface area contributed by atoms with Gasteiger partial charge in [0.1, 0.15) is 5.75 Å². The van der Waals surface area contributed by atoms with Crippen LogP contribution in [0, 0.1) is 0 Å². The number of fused-ring (bicyclic) bond motifs is 3. The average Bonchev–Trinajstić information content (AvgIpc) is 3.36. The normalized spacial score (nSPS) is 20.0. The van der Waals surface area contributed by atoms with Crippen LogP contribution >= 0.6 is 23.2 Å². The number of halogens is 2. The molecule has 2 saturated heterocycles. The molecule has 2 atom stereocenters. The van der Waals surface area contributed by atoms with Gasteiger partial charge in [-0.15, -0.1) is 0 Å².